The van der Waals surface area contributed by atoms with Crippen molar-refractivity contribution >= 4 is 5.69 Å². The number of nitrogens with two attached hydrogens (primary N) is 1. The van der Waals surface area contributed by atoms with Crippen LogP contribution in [0.25, 0.3) is 34.3 Å². The van der Waals surface area contributed by atoms with Crippen LogP contribution in [0.1, 0.15) is 32.4 Å². The van der Waals surface area contributed by atoms with Crippen molar-refractivity contribution in [1.29, 1.82) is 5.26 Å². The Kier molecular flexibility index (Phi) is 5.97. The summed E-state index contributed by atoms with van der Waals surface area (Å²) < 4.78 is 5.98. The third-order valence-electron chi connectivity index (χ3n) is 6.25. The summed E-state index contributed by atoms with van der Waals surface area (Å²) in [5.41, 5.74) is 9.87. The van der Waals surface area contributed by atoms with Gasteiger partial charge in [-0.15, -0.1) is 10.2 Å². The second kappa shape index (κ2) is 9.24. The van der Waals surface area contributed by atoms with Gasteiger partial charge in [-0.05, 0) is 57.0 Å². The van der Waals surface area contributed by atoms with Crippen LogP contribution in [0.15, 0.2) is 59.4 Å². The van der Waals surface area contributed by atoms with Gasteiger partial charge >= 0.3 is 0 Å². The van der Waals surface area contributed by atoms with E-state index in [1.54, 1.807) is 18.6 Å². The number of aromatic nitrogens is 5. The van der Waals surface area contributed by atoms with Crippen molar-refractivity contribution in [2.75, 3.05) is 18.0 Å². The number of hydrogen-bond acceptors (Lipinski definition) is 9. The Labute approximate surface area is 203 Å². The molecule has 1 aromatic carbocycles. The molecule has 9 heteroatoms. The summed E-state index contributed by atoms with van der Waals surface area (Å²) in [6.45, 7) is 5.53. The molecule has 1 saturated heterocycles. The summed E-state index contributed by atoms with van der Waals surface area (Å²) in [7, 11) is 0. The topological polar surface area (TPSA) is 131 Å². The first-order valence-corrected chi connectivity index (χ1v) is 11.6. The first-order valence-electron chi connectivity index (χ1n) is 11.6. The van der Waals surface area contributed by atoms with Crippen LogP contribution in [0, 0.1) is 11.3 Å². The lowest BCUT2D eigenvalue weighted by atomic mass is 9.90. The van der Waals surface area contributed by atoms with Crippen LogP contribution in [0.3, 0.4) is 0 Å². The minimum atomic E-state index is -0.711. The van der Waals surface area contributed by atoms with Gasteiger partial charge in [-0.2, -0.15) is 5.26 Å². The quantitative estimate of drug-likeness (QED) is 0.464. The molecular weight excluding hydrogens is 440 g/mol. The van der Waals surface area contributed by atoms with Gasteiger partial charge in [0.25, 0.3) is 5.89 Å². The third-order valence-corrected chi connectivity index (χ3v) is 6.25. The molecule has 0 saturated carbocycles. The smallest absolute Gasteiger partial charge is 0.268 e. The lowest BCUT2D eigenvalue weighted by Crippen LogP contribution is -2.39. The molecule has 0 unspecified atom stereocenters. The molecule has 0 aliphatic carbocycles. The highest BCUT2D eigenvalue weighted by Crippen LogP contribution is 2.29. The maximum atomic E-state index is 9.45. The number of nitrogens with zero attached hydrogens (tertiary/aromatic N) is 7. The largest absolute Gasteiger partial charge is 0.415 e. The van der Waals surface area contributed by atoms with Gasteiger partial charge in [0.1, 0.15) is 5.69 Å². The number of rotatable bonds is 5. The highest BCUT2D eigenvalue weighted by Gasteiger charge is 2.22. The fourth-order valence-corrected chi connectivity index (χ4v) is 4.03. The summed E-state index contributed by atoms with van der Waals surface area (Å²) in [6.07, 6.45) is 6.89. The molecule has 2 N–H and O–H groups in total. The maximum Gasteiger partial charge on any atom is 0.268 e. The summed E-state index contributed by atoms with van der Waals surface area (Å²) in [5, 5.41) is 17.9. The zero-order valence-electron chi connectivity index (χ0n) is 19.7. The Balaban J connectivity index is 1.41. The van der Waals surface area contributed by atoms with E-state index in [0.29, 0.717) is 23.0 Å². The number of piperidine rings is 1. The minimum absolute atomic E-state index is 0.279. The van der Waals surface area contributed by atoms with E-state index in [1.807, 2.05) is 38.1 Å². The molecule has 3 aromatic heterocycles. The second-order valence-corrected chi connectivity index (χ2v) is 9.24. The van der Waals surface area contributed by atoms with E-state index >= 15 is 0 Å². The average Bonchev–Trinajstić information content (AvgIpc) is 3.40. The van der Waals surface area contributed by atoms with Gasteiger partial charge in [-0.3, -0.25) is 9.97 Å². The van der Waals surface area contributed by atoms with Crippen LogP contribution in [0.2, 0.25) is 0 Å². The molecule has 4 heterocycles. The lowest BCUT2D eigenvalue weighted by molar-refractivity contribution is 0.501. The molecule has 9 nitrogen and oxygen atoms in total. The predicted molar refractivity (Wildman–Crippen MR) is 132 cm³/mol. The van der Waals surface area contributed by atoms with Crippen molar-refractivity contribution in [3.8, 4) is 40.4 Å². The van der Waals surface area contributed by atoms with E-state index in [9.17, 15) is 5.26 Å². The Morgan fingerprint density at radius 1 is 1.03 bits per heavy atom. The van der Waals surface area contributed by atoms with E-state index in [0.717, 1.165) is 42.7 Å². The second-order valence-electron chi connectivity index (χ2n) is 9.24. The van der Waals surface area contributed by atoms with E-state index < -0.39 is 5.41 Å². The normalized spacial score (nSPS) is 14.6. The van der Waals surface area contributed by atoms with Crippen molar-refractivity contribution in [3.63, 3.8) is 0 Å². The molecule has 0 bridgehead atoms. The summed E-state index contributed by atoms with van der Waals surface area (Å²) in [5.74, 6) is 0.708. The predicted octanol–water partition coefficient (Wildman–Crippen LogP) is 3.98. The first kappa shape index (κ1) is 22.6. The molecular formula is C26H26N8O. The monoisotopic (exact) mass is 466 g/mol. The summed E-state index contributed by atoms with van der Waals surface area (Å²) in [6, 6.07) is 14.3. The van der Waals surface area contributed by atoms with Crippen LogP contribution in [-0.4, -0.2) is 44.3 Å². The number of benzene rings is 1. The molecule has 0 amide bonds. The third kappa shape index (κ3) is 4.74. The Bertz CT molecular complexity index is 1380. The Hall–Kier alpha value is -4.16. The van der Waals surface area contributed by atoms with Gasteiger partial charge in [-0.1, -0.05) is 6.07 Å². The minimum Gasteiger partial charge on any atom is -0.415 e. The van der Waals surface area contributed by atoms with Gasteiger partial charge in [0.15, 0.2) is 0 Å². The molecule has 0 atom stereocenters. The van der Waals surface area contributed by atoms with E-state index in [4.69, 9.17) is 10.2 Å². The maximum absolute atomic E-state index is 9.45. The molecule has 0 radical (unpaired) electrons. The van der Waals surface area contributed by atoms with Crippen LogP contribution in [-0.2, 0) is 5.41 Å². The summed E-state index contributed by atoms with van der Waals surface area (Å²) >= 11 is 0. The van der Waals surface area contributed by atoms with E-state index in [-0.39, 0.29) is 11.9 Å². The average molecular weight is 467 g/mol. The first-order chi connectivity index (χ1) is 16.9. The number of nitriles is 1. The molecule has 5 rings (SSSR count). The summed E-state index contributed by atoms with van der Waals surface area (Å²) in [4.78, 5) is 15.7. The van der Waals surface area contributed by atoms with Gasteiger partial charge in [-0.25, -0.2) is 4.98 Å². The highest BCUT2D eigenvalue weighted by molar-refractivity contribution is 5.64. The van der Waals surface area contributed by atoms with Crippen molar-refractivity contribution in [1.82, 2.24) is 25.1 Å². The van der Waals surface area contributed by atoms with Crippen LogP contribution in [0.4, 0.5) is 5.69 Å². The van der Waals surface area contributed by atoms with Gasteiger partial charge < -0.3 is 15.1 Å². The van der Waals surface area contributed by atoms with Crippen LogP contribution in [0.5, 0.6) is 0 Å². The molecule has 176 valence electrons. The molecule has 4 aromatic rings. The molecule has 1 fully saturated rings. The Morgan fingerprint density at radius 3 is 2.60 bits per heavy atom. The number of pyridine rings is 1. The van der Waals surface area contributed by atoms with E-state index in [2.05, 4.69) is 48.3 Å². The van der Waals surface area contributed by atoms with Crippen LogP contribution < -0.4 is 10.6 Å². The van der Waals surface area contributed by atoms with Gasteiger partial charge in [0, 0.05) is 42.1 Å². The lowest BCUT2D eigenvalue weighted by Gasteiger charge is -2.32. The zero-order chi connectivity index (χ0) is 24.4. The van der Waals surface area contributed by atoms with Crippen LogP contribution >= 0.6 is 0 Å². The molecule has 35 heavy (non-hydrogen) atoms. The van der Waals surface area contributed by atoms with Crippen molar-refractivity contribution in [2.24, 2.45) is 5.73 Å². The number of anilines is 1. The highest BCUT2D eigenvalue weighted by atomic mass is 16.4. The molecule has 1 aliphatic heterocycles. The number of hydrogen-bond donors (Lipinski definition) is 1. The zero-order valence-corrected chi connectivity index (χ0v) is 19.7. The van der Waals surface area contributed by atoms with Gasteiger partial charge in [0.2, 0.25) is 5.89 Å². The SMILES string of the molecule is CC(C)(C#N)c1cc(-c2cncc(-c3nnc(-c4cccc(N5CCC(N)CC5)c4)o3)n2)ccn1. The van der Waals surface area contributed by atoms with Crippen molar-refractivity contribution in [2.45, 2.75) is 38.1 Å². The fourth-order valence-electron chi connectivity index (χ4n) is 4.03. The van der Waals surface area contributed by atoms with Crippen molar-refractivity contribution in [3.05, 3.63) is 60.7 Å². The molecule has 1 aliphatic rings. The standard InChI is InChI=1S/C26H26N8O/c1-26(2,16-27)23-13-17(6-9-30-23)21-14-29-15-22(31-21)25-33-32-24(35-25)18-4-3-5-20(12-18)34-10-7-19(28)8-11-34/h3-6,9,12-15,19H,7-8,10-11,28H2,1-2H3. The fraction of sp³-hybridized carbons (Fsp3) is 0.308. The van der Waals surface area contributed by atoms with Crippen molar-refractivity contribution < 1.29 is 4.42 Å². The molecule has 0 spiro atoms. The Morgan fingerprint density at radius 2 is 1.80 bits per heavy atom. The van der Waals surface area contributed by atoms with E-state index in [1.165, 1.54) is 0 Å². The van der Waals surface area contributed by atoms with Gasteiger partial charge in [0.05, 0.1) is 35.3 Å².